The summed E-state index contributed by atoms with van der Waals surface area (Å²) >= 11 is 1.86. The van der Waals surface area contributed by atoms with Gasteiger partial charge in [-0.05, 0) is 46.0 Å². The normalized spacial score (nSPS) is 12.1. The Morgan fingerprint density at radius 1 is 0.347 bits per heavy atom. The van der Waals surface area contributed by atoms with Gasteiger partial charge in [0.15, 0.2) is 0 Å². The van der Waals surface area contributed by atoms with E-state index in [1.54, 1.807) is 0 Å². The maximum atomic E-state index is 5.38. The van der Waals surface area contributed by atoms with Crippen molar-refractivity contribution in [3.8, 4) is 22.4 Å². The standard InChI is InChI=1S/C46H26N2S/c1-3-11-31-27(9-1)21-23-35-43(36-24-22-28-10-2-4-12-32(28)46(36)48-45(31)35)29-17-19-30(20-18-29)44-39-26-42-38(34-14-6-8-16-41(34)49-42)25-37(39)33-13-5-7-15-40(33)47-44/h1-26H. The van der Waals surface area contributed by atoms with Gasteiger partial charge in [0.1, 0.15) is 0 Å². The summed E-state index contributed by atoms with van der Waals surface area (Å²) < 4.78 is 2.60. The van der Waals surface area contributed by atoms with Gasteiger partial charge in [-0.15, -0.1) is 11.3 Å². The Bertz CT molecular complexity index is 3060. The SMILES string of the molecule is c1ccc2c(c1)ccc1c(-c3ccc(-c4nc5ccccc5c5cc6c(cc45)sc4ccccc46)cc3)c3ccc4ccccc4c3nc12. The van der Waals surface area contributed by atoms with E-state index in [0.717, 1.165) is 38.6 Å². The number of hydrogen-bond donors (Lipinski definition) is 0. The highest BCUT2D eigenvalue weighted by Gasteiger charge is 2.17. The molecule has 0 atom stereocenters. The van der Waals surface area contributed by atoms with Gasteiger partial charge >= 0.3 is 0 Å². The lowest BCUT2D eigenvalue weighted by atomic mass is 9.91. The van der Waals surface area contributed by atoms with Gasteiger partial charge in [-0.25, -0.2) is 9.97 Å². The van der Waals surface area contributed by atoms with Gasteiger partial charge in [0.25, 0.3) is 0 Å². The lowest BCUT2D eigenvalue weighted by Gasteiger charge is -2.15. The average molecular weight is 639 g/mol. The summed E-state index contributed by atoms with van der Waals surface area (Å²) in [6, 6.07) is 57.1. The van der Waals surface area contributed by atoms with E-state index >= 15 is 0 Å². The molecule has 3 heterocycles. The molecule has 11 rings (SSSR count). The largest absolute Gasteiger partial charge is 0.247 e. The third-order valence-corrected chi connectivity index (χ3v) is 11.3. The zero-order chi connectivity index (χ0) is 32.1. The lowest BCUT2D eigenvalue weighted by Crippen LogP contribution is -1.93. The van der Waals surface area contributed by atoms with Crippen LogP contribution in [0.5, 0.6) is 0 Å². The molecule has 0 saturated carbocycles. The van der Waals surface area contributed by atoms with Gasteiger partial charge in [-0.2, -0.15) is 0 Å². The maximum absolute atomic E-state index is 5.38. The molecule has 0 saturated heterocycles. The average Bonchev–Trinajstić information content (AvgIpc) is 3.53. The lowest BCUT2D eigenvalue weighted by molar-refractivity contribution is 1.43. The number of thiophene rings is 1. The molecule has 0 bridgehead atoms. The van der Waals surface area contributed by atoms with Gasteiger partial charge in [0, 0.05) is 63.6 Å². The second-order valence-electron chi connectivity index (χ2n) is 12.9. The first-order chi connectivity index (χ1) is 24.3. The van der Waals surface area contributed by atoms with Crippen LogP contribution in [0.2, 0.25) is 0 Å². The number of aromatic nitrogens is 2. The highest BCUT2D eigenvalue weighted by atomic mass is 32.1. The summed E-state index contributed by atoms with van der Waals surface area (Å²) in [5, 5.41) is 13.3. The van der Waals surface area contributed by atoms with Crippen molar-refractivity contribution in [3.05, 3.63) is 158 Å². The van der Waals surface area contributed by atoms with Gasteiger partial charge in [-0.1, -0.05) is 133 Å². The predicted molar refractivity (Wildman–Crippen MR) is 211 cm³/mol. The topological polar surface area (TPSA) is 25.8 Å². The highest BCUT2D eigenvalue weighted by Crippen LogP contribution is 2.43. The van der Waals surface area contributed by atoms with Crippen LogP contribution in [-0.4, -0.2) is 9.97 Å². The first kappa shape index (κ1) is 26.9. The molecular formula is C46H26N2S. The van der Waals surface area contributed by atoms with E-state index in [4.69, 9.17) is 9.97 Å². The molecule has 0 fully saturated rings. The number of benzene rings is 8. The number of para-hydroxylation sites is 1. The molecule has 0 amide bonds. The fourth-order valence-electron chi connectivity index (χ4n) is 7.91. The van der Waals surface area contributed by atoms with Crippen molar-refractivity contribution in [2.45, 2.75) is 0 Å². The molecule has 2 nitrogen and oxygen atoms in total. The van der Waals surface area contributed by atoms with Crippen LogP contribution in [0.3, 0.4) is 0 Å². The fourth-order valence-corrected chi connectivity index (χ4v) is 9.03. The molecule has 3 aromatic heterocycles. The van der Waals surface area contributed by atoms with Crippen molar-refractivity contribution in [1.82, 2.24) is 9.97 Å². The Morgan fingerprint density at radius 2 is 0.939 bits per heavy atom. The second-order valence-corrected chi connectivity index (χ2v) is 14.0. The molecule has 0 N–H and O–H groups in total. The van der Waals surface area contributed by atoms with Crippen molar-refractivity contribution < 1.29 is 0 Å². The fraction of sp³-hybridized carbons (Fsp3) is 0. The zero-order valence-electron chi connectivity index (χ0n) is 26.3. The van der Waals surface area contributed by atoms with Crippen LogP contribution in [0, 0.1) is 0 Å². The minimum atomic E-state index is 1.01. The van der Waals surface area contributed by atoms with Crippen LogP contribution in [0.15, 0.2) is 158 Å². The summed E-state index contributed by atoms with van der Waals surface area (Å²) in [5.41, 5.74) is 7.60. The zero-order valence-corrected chi connectivity index (χ0v) is 27.1. The van der Waals surface area contributed by atoms with Crippen molar-refractivity contribution in [1.29, 1.82) is 0 Å². The Balaban J connectivity index is 1.17. The van der Waals surface area contributed by atoms with Gasteiger partial charge in [0.2, 0.25) is 0 Å². The van der Waals surface area contributed by atoms with Gasteiger partial charge in [0.05, 0.1) is 22.2 Å². The molecule has 0 spiro atoms. The number of fused-ring (bicyclic) bond motifs is 12. The van der Waals surface area contributed by atoms with E-state index < -0.39 is 0 Å². The molecule has 0 radical (unpaired) electrons. The monoisotopic (exact) mass is 638 g/mol. The summed E-state index contributed by atoms with van der Waals surface area (Å²) in [4.78, 5) is 10.7. The number of hydrogen-bond acceptors (Lipinski definition) is 3. The molecular weight excluding hydrogens is 613 g/mol. The van der Waals surface area contributed by atoms with Gasteiger partial charge < -0.3 is 0 Å². The number of rotatable bonds is 2. The van der Waals surface area contributed by atoms with E-state index in [0.29, 0.717) is 0 Å². The Morgan fingerprint density at radius 3 is 1.65 bits per heavy atom. The molecule has 11 aromatic rings. The summed E-state index contributed by atoms with van der Waals surface area (Å²) in [5.74, 6) is 0. The highest BCUT2D eigenvalue weighted by molar-refractivity contribution is 7.25. The molecule has 0 aliphatic rings. The van der Waals surface area contributed by atoms with E-state index in [1.807, 2.05) is 11.3 Å². The first-order valence-corrected chi connectivity index (χ1v) is 17.5. The summed E-state index contributed by atoms with van der Waals surface area (Å²) in [7, 11) is 0. The van der Waals surface area contributed by atoms with Crippen LogP contribution >= 0.6 is 11.3 Å². The first-order valence-electron chi connectivity index (χ1n) is 16.7. The van der Waals surface area contributed by atoms with Crippen molar-refractivity contribution in [3.63, 3.8) is 0 Å². The van der Waals surface area contributed by atoms with Crippen molar-refractivity contribution in [2.24, 2.45) is 0 Å². The van der Waals surface area contributed by atoms with Crippen LogP contribution in [0.25, 0.3) is 108 Å². The van der Waals surface area contributed by atoms with Crippen molar-refractivity contribution >= 4 is 96.5 Å². The number of pyridine rings is 2. The second kappa shape index (κ2) is 10.2. The van der Waals surface area contributed by atoms with E-state index in [1.165, 1.54) is 69.0 Å². The quantitative estimate of drug-likeness (QED) is 0.139. The Kier molecular flexibility index (Phi) is 5.57. The summed E-state index contributed by atoms with van der Waals surface area (Å²) in [6.45, 7) is 0. The van der Waals surface area contributed by atoms with Crippen LogP contribution in [-0.2, 0) is 0 Å². The van der Waals surface area contributed by atoms with Crippen LogP contribution in [0.1, 0.15) is 0 Å². The smallest absolute Gasteiger partial charge is 0.0794 e. The number of nitrogens with zero attached hydrogens (tertiary/aromatic N) is 2. The third-order valence-electron chi connectivity index (χ3n) is 10.2. The molecule has 8 aromatic carbocycles. The minimum absolute atomic E-state index is 1.01. The molecule has 0 aliphatic heterocycles. The van der Waals surface area contributed by atoms with Gasteiger partial charge in [-0.3, -0.25) is 0 Å². The molecule has 0 aliphatic carbocycles. The third kappa shape index (κ3) is 3.94. The predicted octanol–water partition coefficient (Wildman–Crippen LogP) is 13.1. The Hall–Kier alpha value is -6.16. The van der Waals surface area contributed by atoms with Crippen LogP contribution in [0.4, 0.5) is 0 Å². The molecule has 226 valence electrons. The summed E-state index contributed by atoms with van der Waals surface area (Å²) in [6.07, 6.45) is 0. The molecule has 49 heavy (non-hydrogen) atoms. The maximum Gasteiger partial charge on any atom is 0.0794 e. The minimum Gasteiger partial charge on any atom is -0.247 e. The molecule has 0 unspecified atom stereocenters. The molecule has 3 heteroatoms. The van der Waals surface area contributed by atoms with E-state index in [2.05, 4.69) is 158 Å². The van der Waals surface area contributed by atoms with E-state index in [-0.39, 0.29) is 0 Å². The van der Waals surface area contributed by atoms with Crippen LogP contribution < -0.4 is 0 Å². The van der Waals surface area contributed by atoms with Crippen molar-refractivity contribution in [2.75, 3.05) is 0 Å². The van der Waals surface area contributed by atoms with E-state index in [9.17, 15) is 0 Å². The Labute approximate surface area is 285 Å².